The normalized spacial score (nSPS) is 11.5. The summed E-state index contributed by atoms with van der Waals surface area (Å²) in [7, 11) is 0. The first-order chi connectivity index (χ1) is 6.32. The summed E-state index contributed by atoms with van der Waals surface area (Å²) in [5, 5.41) is 0. The molecule has 0 heterocycles. The van der Waals surface area contributed by atoms with Gasteiger partial charge in [0, 0.05) is 11.0 Å². The van der Waals surface area contributed by atoms with Crippen LogP contribution < -0.4 is 0 Å². The first-order valence-electron chi connectivity index (χ1n) is 4.94. The maximum Gasteiger partial charge on any atom is 0.168 e. The summed E-state index contributed by atoms with van der Waals surface area (Å²) in [6.45, 7) is 9.94. The van der Waals surface area contributed by atoms with Crippen molar-refractivity contribution in [3.8, 4) is 0 Å². The third-order valence-electron chi connectivity index (χ3n) is 2.45. The summed E-state index contributed by atoms with van der Waals surface area (Å²) in [6, 6.07) is 5.90. The molecule has 0 bridgehead atoms. The van der Waals surface area contributed by atoms with E-state index in [0.29, 0.717) is 0 Å². The summed E-state index contributed by atoms with van der Waals surface area (Å²) >= 11 is 0. The highest BCUT2D eigenvalue weighted by atomic mass is 16.1. The number of carbonyl (C=O) groups excluding carboxylic acids is 1. The minimum atomic E-state index is -0.290. The van der Waals surface area contributed by atoms with E-state index in [1.54, 1.807) is 0 Å². The van der Waals surface area contributed by atoms with Crippen LogP contribution in [-0.4, -0.2) is 5.78 Å². The van der Waals surface area contributed by atoms with Crippen LogP contribution in [0.5, 0.6) is 0 Å². The Morgan fingerprint density at radius 3 is 2.07 bits per heavy atom. The van der Waals surface area contributed by atoms with Gasteiger partial charge in [-0.1, -0.05) is 32.9 Å². The van der Waals surface area contributed by atoms with Gasteiger partial charge in [0.2, 0.25) is 0 Å². The van der Waals surface area contributed by atoms with Gasteiger partial charge in [-0.3, -0.25) is 4.79 Å². The molecule has 1 rings (SSSR count). The smallest absolute Gasteiger partial charge is 0.168 e. The SMILES string of the molecule is Cc1ccc(C(=O)C(C)(C)C)cc1C. The molecular weight excluding hydrogens is 172 g/mol. The van der Waals surface area contributed by atoms with Crippen LogP contribution >= 0.6 is 0 Å². The van der Waals surface area contributed by atoms with Crippen LogP contribution in [0.4, 0.5) is 0 Å². The Bertz CT molecular complexity index is 356. The molecule has 0 aliphatic heterocycles. The number of hydrogen-bond donors (Lipinski definition) is 0. The Labute approximate surface area is 86.1 Å². The molecule has 0 saturated carbocycles. The molecule has 0 radical (unpaired) electrons. The third kappa shape index (κ3) is 2.22. The summed E-state index contributed by atoms with van der Waals surface area (Å²) in [6.07, 6.45) is 0. The van der Waals surface area contributed by atoms with Crippen molar-refractivity contribution >= 4 is 5.78 Å². The average Bonchev–Trinajstić information content (AvgIpc) is 2.07. The molecule has 1 aromatic carbocycles. The molecule has 0 unspecified atom stereocenters. The Hall–Kier alpha value is -1.11. The molecule has 0 fully saturated rings. The highest BCUT2D eigenvalue weighted by Gasteiger charge is 2.22. The van der Waals surface area contributed by atoms with Crippen LogP contribution in [0, 0.1) is 19.3 Å². The number of Topliss-reactive ketones (excluding diaryl/α,β-unsaturated/α-hetero) is 1. The fourth-order valence-corrected chi connectivity index (χ4v) is 1.32. The lowest BCUT2D eigenvalue weighted by Gasteiger charge is -2.17. The van der Waals surface area contributed by atoms with E-state index in [1.807, 2.05) is 45.9 Å². The van der Waals surface area contributed by atoms with Crippen LogP contribution in [0.25, 0.3) is 0 Å². The van der Waals surface area contributed by atoms with E-state index < -0.39 is 0 Å². The maximum atomic E-state index is 11.9. The van der Waals surface area contributed by atoms with Crippen molar-refractivity contribution in [3.05, 3.63) is 34.9 Å². The molecule has 14 heavy (non-hydrogen) atoms. The molecule has 0 aromatic heterocycles. The largest absolute Gasteiger partial charge is 0.294 e. The molecule has 0 aliphatic carbocycles. The monoisotopic (exact) mass is 190 g/mol. The molecule has 1 nitrogen and oxygen atoms in total. The molecule has 1 aromatic rings. The van der Waals surface area contributed by atoms with Gasteiger partial charge >= 0.3 is 0 Å². The molecule has 76 valence electrons. The highest BCUT2D eigenvalue weighted by molar-refractivity contribution is 5.99. The van der Waals surface area contributed by atoms with E-state index in [1.165, 1.54) is 11.1 Å². The molecular formula is C13H18O. The van der Waals surface area contributed by atoms with Crippen LogP contribution in [0.2, 0.25) is 0 Å². The minimum absolute atomic E-state index is 0.209. The predicted molar refractivity (Wildman–Crippen MR) is 59.7 cm³/mol. The molecule has 0 aliphatic rings. The molecule has 0 atom stereocenters. The van der Waals surface area contributed by atoms with Crippen molar-refractivity contribution in [1.29, 1.82) is 0 Å². The van der Waals surface area contributed by atoms with E-state index >= 15 is 0 Å². The molecule has 0 spiro atoms. The fraction of sp³-hybridized carbons (Fsp3) is 0.462. The molecule has 0 amide bonds. The van der Waals surface area contributed by atoms with Crippen molar-refractivity contribution in [3.63, 3.8) is 0 Å². The number of ketones is 1. The number of rotatable bonds is 1. The molecule has 0 saturated heterocycles. The van der Waals surface area contributed by atoms with Crippen molar-refractivity contribution < 1.29 is 4.79 Å². The maximum absolute atomic E-state index is 11.9. The van der Waals surface area contributed by atoms with Gasteiger partial charge in [0.1, 0.15) is 0 Å². The van der Waals surface area contributed by atoms with Crippen molar-refractivity contribution in [1.82, 2.24) is 0 Å². The second-order valence-corrected chi connectivity index (χ2v) is 4.88. The molecule has 0 N–H and O–H groups in total. The van der Waals surface area contributed by atoms with Crippen LogP contribution in [-0.2, 0) is 0 Å². The Kier molecular flexibility index (Phi) is 2.79. The van der Waals surface area contributed by atoms with Gasteiger partial charge in [0.05, 0.1) is 0 Å². The zero-order chi connectivity index (χ0) is 10.9. The van der Waals surface area contributed by atoms with E-state index in [4.69, 9.17) is 0 Å². The van der Waals surface area contributed by atoms with Gasteiger partial charge in [-0.25, -0.2) is 0 Å². The summed E-state index contributed by atoms with van der Waals surface area (Å²) in [5.41, 5.74) is 2.94. The highest BCUT2D eigenvalue weighted by Crippen LogP contribution is 2.22. The number of carbonyl (C=O) groups is 1. The van der Waals surface area contributed by atoms with Crippen molar-refractivity contribution in [2.24, 2.45) is 5.41 Å². The quantitative estimate of drug-likeness (QED) is 0.619. The lowest BCUT2D eigenvalue weighted by atomic mass is 9.86. The van der Waals surface area contributed by atoms with Crippen LogP contribution in [0.15, 0.2) is 18.2 Å². The van der Waals surface area contributed by atoms with Gasteiger partial charge in [0.15, 0.2) is 5.78 Å². The molecule has 1 heteroatoms. The van der Waals surface area contributed by atoms with Crippen molar-refractivity contribution in [2.75, 3.05) is 0 Å². The van der Waals surface area contributed by atoms with E-state index in [-0.39, 0.29) is 11.2 Å². The summed E-state index contributed by atoms with van der Waals surface area (Å²) in [4.78, 5) is 11.9. The van der Waals surface area contributed by atoms with E-state index in [2.05, 4.69) is 6.92 Å². The second-order valence-electron chi connectivity index (χ2n) is 4.88. The van der Waals surface area contributed by atoms with E-state index in [0.717, 1.165) is 5.56 Å². The van der Waals surface area contributed by atoms with Crippen LogP contribution in [0.1, 0.15) is 42.3 Å². The van der Waals surface area contributed by atoms with Gasteiger partial charge < -0.3 is 0 Å². The standard InChI is InChI=1S/C13H18O/c1-9-6-7-11(8-10(9)2)12(14)13(3,4)5/h6-8H,1-5H3. The summed E-state index contributed by atoms with van der Waals surface area (Å²) < 4.78 is 0. The second kappa shape index (κ2) is 3.56. The number of aryl methyl sites for hydroxylation is 2. The first-order valence-corrected chi connectivity index (χ1v) is 4.94. The minimum Gasteiger partial charge on any atom is -0.294 e. The zero-order valence-electron chi connectivity index (χ0n) is 9.64. The Morgan fingerprint density at radius 1 is 1.07 bits per heavy atom. The van der Waals surface area contributed by atoms with Gasteiger partial charge in [-0.15, -0.1) is 0 Å². The van der Waals surface area contributed by atoms with Crippen molar-refractivity contribution in [2.45, 2.75) is 34.6 Å². The summed E-state index contributed by atoms with van der Waals surface area (Å²) in [5.74, 6) is 0.209. The fourth-order valence-electron chi connectivity index (χ4n) is 1.32. The topological polar surface area (TPSA) is 17.1 Å². The lowest BCUT2D eigenvalue weighted by Crippen LogP contribution is -2.20. The predicted octanol–water partition coefficient (Wildman–Crippen LogP) is 3.53. The van der Waals surface area contributed by atoms with Crippen LogP contribution in [0.3, 0.4) is 0 Å². The Morgan fingerprint density at radius 2 is 1.64 bits per heavy atom. The zero-order valence-corrected chi connectivity index (χ0v) is 9.64. The van der Waals surface area contributed by atoms with Gasteiger partial charge in [0.25, 0.3) is 0 Å². The lowest BCUT2D eigenvalue weighted by molar-refractivity contribution is 0.0858. The average molecular weight is 190 g/mol. The van der Waals surface area contributed by atoms with Gasteiger partial charge in [-0.05, 0) is 31.0 Å². The Balaban J connectivity index is 3.10. The third-order valence-corrected chi connectivity index (χ3v) is 2.45. The number of benzene rings is 1. The van der Waals surface area contributed by atoms with E-state index in [9.17, 15) is 4.79 Å². The van der Waals surface area contributed by atoms with Gasteiger partial charge in [-0.2, -0.15) is 0 Å². The number of hydrogen-bond acceptors (Lipinski definition) is 1. The first kappa shape index (κ1) is 11.0.